The van der Waals surface area contributed by atoms with Gasteiger partial charge in [0, 0.05) is 23.4 Å². The number of fused-ring (bicyclic) bond motifs is 1. The molecule has 2 heterocycles. The minimum absolute atomic E-state index is 0.0225. The monoisotopic (exact) mass is 307 g/mol. The molecule has 5 heteroatoms. The van der Waals surface area contributed by atoms with Crippen LogP contribution in [0.5, 0.6) is 0 Å². The molecule has 2 aromatic rings. The highest BCUT2D eigenvalue weighted by Crippen LogP contribution is 2.41. The molecule has 2 unspecified atom stereocenters. The molecule has 0 spiro atoms. The number of hydrazine groups is 1. The second-order valence-corrected chi connectivity index (χ2v) is 5.21. The van der Waals surface area contributed by atoms with Gasteiger partial charge in [0.25, 0.3) is 0 Å². The maximum atomic E-state index is 5.73. The molecule has 3 N–H and O–H groups in total. The van der Waals surface area contributed by atoms with Crippen molar-refractivity contribution in [3.05, 3.63) is 52.1 Å². The maximum Gasteiger partial charge on any atom is 0.173 e. The summed E-state index contributed by atoms with van der Waals surface area (Å²) in [5.74, 6) is 6.02. The number of pyridine rings is 1. The summed E-state index contributed by atoms with van der Waals surface area (Å²) in [6, 6.07) is 6.09. The third-order valence-electron chi connectivity index (χ3n) is 3.57. The van der Waals surface area contributed by atoms with Crippen LogP contribution in [0.1, 0.15) is 35.2 Å². The zero-order chi connectivity index (χ0) is 12.5. The van der Waals surface area contributed by atoms with Crippen LogP contribution < -0.4 is 11.3 Å². The highest BCUT2D eigenvalue weighted by atomic mass is 79.9. The Morgan fingerprint density at radius 1 is 1.50 bits per heavy atom. The number of nitrogens with zero attached hydrogens (tertiary/aromatic N) is 1. The minimum atomic E-state index is 0.0225. The summed E-state index contributed by atoms with van der Waals surface area (Å²) in [4.78, 5) is 4.51. The lowest BCUT2D eigenvalue weighted by atomic mass is 9.93. The molecule has 0 saturated carbocycles. The normalized spacial score (nSPS) is 19.8. The van der Waals surface area contributed by atoms with Crippen LogP contribution in [0.2, 0.25) is 0 Å². The molecule has 4 nitrogen and oxygen atoms in total. The second kappa shape index (κ2) is 4.84. The SMILES string of the molecule is NNC(c1ccoc1Br)C1CCc2cccnc21. The van der Waals surface area contributed by atoms with E-state index in [1.165, 1.54) is 5.56 Å². The van der Waals surface area contributed by atoms with Crippen LogP contribution >= 0.6 is 15.9 Å². The molecular formula is C13H14BrN3O. The Bertz CT molecular complexity index is 555. The Kier molecular flexibility index (Phi) is 3.20. The molecule has 0 bridgehead atoms. The fourth-order valence-electron chi connectivity index (χ4n) is 2.72. The Hall–Kier alpha value is -1.17. The van der Waals surface area contributed by atoms with Crippen LogP contribution in [0.3, 0.4) is 0 Å². The van der Waals surface area contributed by atoms with E-state index in [1.54, 1.807) is 6.26 Å². The van der Waals surface area contributed by atoms with Crippen LogP contribution in [0.15, 0.2) is 39.7 Å². The van der Waals surface area contributed by atoms with E-state index in [9.17, 15) is 0 Å². The number of hydrogen-bond donors (Lipinski definition) is 2. The van der Waals surface area contributed by atoms with E-state index in [-0.39, 0.29) is 6.04 Å². The van der Waals surface area contributed by atoms with Crippen molar-refractivity contribution in [2.75, 3.05) is 0 Å². The van der Waals surface area contributed by atoms with Gasteiger partial charge in [-0.2, -0.15) is 0 Å². The largest absolute Gasteiger partial charge is 0.457 e. The summed E-state index contributed by atoms with van der Waals surface area (Å²) in [7, 11) is 0. The quantitative estimate of drug-likeness (QED) is 0.676. The first-order valence-corrected chi connectivity index (χ1v) is 6.73. The average molecular weight is 308 g/mol. The molecule has 0 radical (unpaired) electrons. The van der Waals surface area contributed by atoms with E-state index in [4.69, 9.17) is 10.3 Å². The van der Waals surface area contributed by atoms with Gasteiger partial charge in [-0.15, -0.1) is 0 Å². The molecule has 18 heavy (non-hydrogen) atoms. The van der Waals surface area contributed by atoms with Gasteiger partial charge in [-0.25, -0.2) is 0 Å². The Morgan fingerprint density at radius 3 is 3.11 bits per heavy atom. The Balaban J connectivity index is 1.98. The first-order valence-electron chi connectivity index (χ1n) is 5.94. The lowest BCUT2D eigenvalue weighted by Gasteiger charge is -2.22. The number of nitrogens with one attached hydrogen (secondary N) is 1. The number of halogens is 1. The van der Waals surface area contributed by atoms with Crippen molar-refractivity contribution in [1.29, 1.82) is 0 Å². The zero-order valence-electron chi connectivity index (χ0n) is 9.77. The van der Waals surface area contributed by atoms with Gasteiger partial charge in [-0.3, -0.25) is 16.3 Å². The van der Waals surface area contributed by atoms with Crippen LogP contribution in [-0.2, 0) is 6.42 Å². The first-order chi connectivity index (χ1) is 8.81. The van der Waals surface area contributed by atoms with Crippen LogP contribution in [-0.4, -0.2) is 4.98 Å². The van der Waals surface area contributed by atoms with Crippen LogP contribution in [0.25, 0.3) is 0 Å². The molecule has 3 rings (SSSR count). The molecule has 1 aliphatic carbocycles. The van der Waals surface area contributed by atoms with Crippen molar-refractivity contribution < 1.29 is 4.42 Å². The van der Waals surface area contributed by atoms with Crippen molar-refractivity contribution in [3.8, 4) is 0 Å². The summed E-state index contributed by atoms with van der Waals surface area (Å²) in [6.07, 6.45) is 5.62. The molecule has 2 aromatic heterocycles. The molecule has 94 valence electrons. The van der Waals surface area contributed by atoms with Crippen LogP contribution in [0.4, 0.5) is 0 Å². The molecule has 0 amide bonds. The molecular weight excluding hydrogens is 294 g/mol. The van der Waals surface area contributed by atoms with Crippen LogP contribution in [0, 0.1) is 0 Å². The number of rotatable bonds is 3. The van der Waals surface area contributed by atoms with Gasteiger partial charge in [-0.1, -0.05) is 6.07 Å². The lowest BCUT2D eigenvalue weighted by Crippen LogP contribution is -2.32. The van der Waals surface area contributed by atoms with Crippen molar-refractivity contribution >= 4 is 15.9 Å². The third-order valence-corrected chi connectivity index (χ3v) is 4.21. The zero-order valence-corrected chi connectivity index (χ0v) is 11.4. The van der Waals surface area contributed by atoms with Crippen molar-refractivity contribution in [1.82, 2.24) is 10.4 Å². The van der Waals surface area contributed by atoms with Crippen molar-refractivity contribution in [2.24, 2.45) is 5.84 Å². The highest BCUT2D eigenvalue weighted by molar-refractivity contribution is 9.10. The molecule has 2 atom stereocenters. The summed E-state index contributed by atoms with van der Waals surface area (Å²) in [6.45, 7) is 0. The standard InChI is InChI=1S/C13H14BrN3O/c14-13-10(5-7-18-13)12(17-15)9-4-3-8-2-1-6-16-11(8)9/h1-2,5-7,9,12,17H,3-4,15H2. The van der Waals surface area contributed by atoms with Gasteiger partial charge in [0.1, 0.15) is 0 Å². The van der Waals surface area contributed by atoms with Gasteiger partial charge in [0.15, 0.2) is 4.67 Å². The molecule has 0 fully saturated rings. The number of furan rings is 1. The third kappa shape index (κ3) is 1.88. The fourth-order valence-corrected chi connectivity index (χ4v) is 3.20. The minimum Gasteiger partial charge on any atom is -0.457 e. The predicted molar refractivity (Wildman–Crippen MR) is 71.8 cm³/mol. The van der Waals surface area contributed by atoms with E-state index in [0.29, 0.717) is 5.92 Å². The second-order valence-electron chi connectivity index (χ2n) is 4.49. The number of aromatic nitrogens is 1. The van der Waals surface area contributed by atoms with E-state index >= 15 is 0 Å². The summed E-state index contributed by atoms with van der Waals surface area (Å²) in [5.41, 5.74) is 6.41. The van der Waals surface area contributed by atoms with E-state index in [0.717, 1.165) is 28.8 Å². The Labute approximate surface area is 114 Å². The van der Waals surface area contributed by atoms with E-state index < -0.39 is 0 Å². The number of nitrogens with two attached hydrogens (primary N) is 1. The topological polar surface area (TPSA) is 64.1 Å². The van der Waals surface area contributed by atoms with Crippen molar-refractivity contribution in [2.45, 2.75) is 24.8 Å². The number of aryl methyl sites for hydroxylation is 1. The Morgan fingerprint density at radius 2 is 2.39 bits per heavy atom. The predicted octanol–water partition coefficient (Wildman–Crippen LogP) is 2.67. The lowest BCUT2D eigenvalue weighted by molar-refractivity contribution is 0.435. The van der Waals surface area contributed by atoms with Gasteiger partial charge >= 0.3 is 0 Å². The fraction of sp³-hybridized carbons (Fsp3) is 0.308. The summed E-state index contributed by atoms with van der Waals surface area (Å²) >= 11 is 3.41. The number of hydrogen-bond acceptors (Lipinski definition) is 4. The van der Waals surface area contributed by atoms with Crippen molar-refractivity contribution in [3.63, 3.8) is 0 Å². The molecule has 0 aliphatic heterocycles. The highest BCUT2D eigenvalue weighted by Gasteiger charge is 2.33. The maximum absolute atomic E-state index is 5.73. The van der Waals surface area contributed by atoms with Gasteiger partial charge < -0.3 is 4.42 Å². The first kappa shape index (κ1) is 11.9. The smallest absolute Gasteiger partial charge is 0.173 e. The van der Waals surface area contributed by atoms with E-state index in [2.05, 4.69) is 32.4 Å². The van der Waals surface area contributed by atoms with E-state index in [1.807, 2.05) is 18.3 Å². The van der Waals surface area contributed by atoms with Gasteiger partial charge in [0.05, 0.1) is 12.3 Å². The molecule has 0 saturated heterocycles. The van der Waals surface area contributed by atoms with Gasteiger partial charge in [0.2, 0.25) is 0 Å². The summed E-state index contributed by atoms with van der Waals surface area (Å²) in [5, 5.41) is 0. The molecule has 1 aliphatic rings. The average Bonchev–Trinajstić information content (AvgIpc) is 2.99. The molecule has 0 aromatic carbocycles. The summed E-state index contributed by atoms with van der Waals surface area (Å²) < 4.78 is 6.03. The van der Waals surface area contributed by atoms with Gasteiger partial charge in [-0.05, 0) is 46.5 Å².